The van der Waals surface area contributed by atoms with E-state index in [0.29, 0.717) is 4.88 Å². The summed E-state index contributed by atoms with van der Waals surface area (Å²) in [4.78, 5) is 23.0. The summed E-state index contributed by atoms with van der Waals surface area (Å²) in [6.07, 6.45) is 4.58. The number of rotatable bonds is 2. The first-order valence-corrected chi connectivity index (χ1v) is 8.01. The van der Waals surface area contributed by atoms with Crippen LogP contribution in [0.2, 0.25) is 0 Å². The van der Waals surface area contributed by atoms with Crippen LogP contribution < -0.4 is 5.32 Å². The lowest BCUT2D eigenvalue weighted by Gasteiger charge is -2.06. The van der Waals surface area contributed by atoms with Gasteiger partial charge in [0.1, 0.15) is 4.88 Å². The first kappa shape index (κ1) is 12.7. The maximum atomic E-state index is 12.2. The Hall–Kier alpha value is -1.27. The van der Waals surface area contributed by atoms with E-state index in [-0.39, 0.29) is 5.91 Å². The number of carbonyl (C=O) groups excluding carboxylic acids is 1. The van der Waals surface area contributed by atoms with Gasteiger partial charge in [-0.1, -0.05) is 0 Å². The van der Waals surface area contributed by atoms with Crippen molar-refractivity contribution in [2.75, 3.05) is 5.32 Å². The molecule has 0 aliphatic heterocycles. The predicted octanol–water partition coefficient (Wildman–Crippen LogP) is 3.35. The van der Waals surface area contributed by atoms with Gasteiger partial charge in [-0.25, -0.2) is 9.97 Å². The number of hydrogen-bond acceptors (Lipinski definition) is 5. The molecule has 0 unspecified atom stereocenters. The third-order valence-corrected chi connectivity index (χ3v) is 5.32. The van der Waals surface area contributed by atoms with Gasteiger partial charge < -0.3 is 0 Å². The summed E-state index contributed by atoms with van der Waals surface area (Å²) in [7, 11) is 0. The van der Waals surface area contributed by atoms with Gasteiger partial charge in [-0.05, 0) is 39.5 Å². The average Bonchev–Trinajstić information content (AvgIpc) is 2.91. The summed E-state index contributed by atoms with van der Waals surface area (Å²) >= 11 is 3.04. The van der Waals surface area contributed by atoms with E-state index < -0.39 is 0 Å². The molecule has 2 aromatic rings. The van der Waals surface area contributed by atoms with Gasteiger partial charge in [-0.2, -0.15) is 0 Å². The van der Waals surface area contributed by atoms with Crippen LogP contribution in [-0.2, 0) is 12.8 Å². The molecular weight excluding hydrogens is 278 g/mol. The Morgan fingerprint density at radius 3 is 2.63 bits per heavy atom. The second kappa shape index (κ2) is 5.02. The van der Waals surface area contributed by atoms with Crippen LogP contribution in [0.25, 0.3) is 0 Å². The molecule has 0 fully saturated rings. The van der Waals surface area contributed by atoms with E-state index in [1.54, 1.807) is 11.3 Å². The van der Waals surface area contributed by atoms with E-state index in [0.717, 1.165) is 28.7 Å². The molecule has 1 aliphatic carbocycles. The van der Waals surface area contributed by atoms with Crippen molar-refractivity contribution in [3.05, 3.63) is 26.1 Å². The van der Waals surface area contributed by atoms with E-state index in [9.17, 15) is 4.79 Å². The summed E-state index contributed by atoms with van der Waals surface area (Å²) in [6, 6.07) is 0. The second-order valence-electron chi connectivity index (χ2n) is 4.70. The molecule has 4 nitrogen and oxygen atoms in total. The van der Waals surface area contributed by atoms with Gasteiger partial charge in [0.05, 0.1) is 16.4 Å². The molecule has 0 saturated carbocycles. The van der Waals surface area contributed by atoms with E-state index in [1.165, 1.54) is 34.7 Å². The summed E-state index contributed by atoms with van der Waals surface area (Å²) in [5.74, 6) is -0.0887. The van der Waals surface area contributed by atoms with Crippen LogP contribution >= 0.6 is 22.7 Å². The summed E-state index contributed by atoms with van der Waals surface area (Å²) in [5, 5.41) is 4.55. The Balaban J connectivity index is 1.79. The molecule has 1 aliphatic rings. The molecule has 0 atom stereocenters. The molecule has 100 valence electrons. The number of anilines is 1. The molecule has 0 spiro atoms. The van der Waals surface area contributed by atoms with Crippen LogP contribution in [0.5, 0.6) is 0 Å². The van der Waals surface area contributed by atoms with E-state index in [4.69, 9.17) is 0 Å². The molecule has 0 bridgehead atoms. The molecule has 0 saturated heterocycles. The SMILES string of the molecule is Cc1nc(C)c(C(=O)Nc2nc3c(s2)CCCC3)s1. The van der Waals surface area contributed by atoms with E-state index >= 15 is 0 Å². The van der Waals surface area contributed by atoms with Crippen LogP contribution in [-0.4, -0.2) is 15.9 Å². The highest BCUT2D eigenvalue weighted by Gasteiger charge is 2.19. The normalized spacial score (nSPS) is 14.2. The molecular formula is C13H15N3OS2. The molecule has 6 heteroatoms. The standard InChI is InChI=1S/C13H15N3OS2/c1-7-11(18-8(2)14-7)12(17)16-13-15-9-5-3-4-6-10(9)19-13/h3-6H2,1-2H3,(H,15,16,17). The van der Waals surface area contributed by atoms with Gasteiger partial charge in [0, 0.05) is 4.88 Å². The number of nitrogens with zero attached hydrogens (tertiary/aromatic N) is 2. The zero-order chi connectivity index (χ0) is 13.4. The van der Waals surface area contributed by atoms with Gasteiger partial charge in [-0.3, -0.25) is 10.1 Å². The first-order valence-electron chi connectivity index (χ1n) is 6.37. The lowest BCUT2D eigenvalue weighted by molar-refractivity contribution is 0.103. The lowest BCUT2D eigenvalue weighted by atomic mass is 10.0. The zero-order valence-corrected chi connectivity index (χ0v) is 12.6. The Labute approximate surface area is 119 Å². The average molecular weight is 293 g/mol. The zero-order valence-electron chi connectivity index (χ0n) is 10.9. The van der Waals surface area contributed by atoms with Crippen LogP contribution in [0.1, 0.15) is 43.8 Å². The maximum Gasteiger partial charge on any atom is 0.269 e. The summed E-state index contributed by atoms with van der Waals surface area (Å²) < 4.78 is 0. The van der Waals surface area contributed by atoms with Crippen molar-refractivity contribution in [2.45, 2.75) is 39.5 Å². The molecule has 1 N–H and O–H groups in total. The number of aromatic nitrogens is 2. The van der Waals surface area contributed by atoms with Crippen molar-refractivity contribution in [3.8, 4) is 0 Å². The van der Waals surface area contributed by atoms with E-state index in [1.807, 2.05) is 13.8 Å². The highest BCUT2D eigenvalue weighted by atomic mass is 32.1. The fourth-order valence-corrected chi connectivity index (χ4v) is 4.16. The monoisotopic (exact) mass is 293 g/mol. The molecule has 0 aromatic carbocycles. The third kappa shape index (κ3) is 2.55. The number of nitrogens with one attached hydrogen (secondary N) is 1. The van der Waals surface area contributed by atoms with Crippen molar-refractivity contribution in [1.29, 1.82) is 0 Å². The number of carbonyl (C=O) groups is 1. The number of thiazole rings is 2. The van der Waals surface area contributed by atoms with E-state index in [2.05, 4.69) is 15.3 Å². The number of aryl methyl sites for hydroxylation is 4. The number of amides is 1. The fourth-order valence-electron chi connectivity index (χ4n) is 2.30. The van der Waals surface area contributed by atoms with Crippen molar-refractivity contribution in [3.63, 3.8) is 0 Å². The van der Waals surface area contributed by atoms with Gasteiger partial charge >= 0.3 is 0 Å². The Morgan fingerprint density at radius 2 is 1.95 bits per heavy atom. The first-order chi connectivity index (χ1) is 9.13. The van der Waals surface area contributed by atoms with Crippen LogP contribution in [0, 0.1) is 13.8 Å². The van der Waals surface area contributed by atoms with Crippen LogP contribution in [0.4, 0.5) is 5.13 Å². The fraction of sp³-hybridized carbons (Fsp3) is 0.462. The van der Waals surface area contributed by atoms with Crippen molar-refractivity contribution in [1.82, 2.24) is 9.97 Å². The number of fused-ring (bicyclic) bond motifs is 1. The Kier molecular flexibility index (Phi) is 3.36. The van der Waals surface area contributed by atoms with Crippen LogP contribution in [0.3, 0.4) is 0 Å². The Bertz CT molecular complexity index is 606. The van der Waals surface area contributed by atoms with Crippen LogP contribution in [0.15, 0.2) is 0 Å². The molecule has 1 amide bonds. The van der Waals surface area contributed by atoms with Gasteiger partial charge in [0.15, 0.2) is 5.13 Å². The van der Waals surface area contributed by atoms with Crippen molar-refractivity contribution >= 4 is 33.7 Å². The number of hydrogen-bond donors (Lipinski definition) is 1. The topological polar surface area (TPSA) is 54.9 Å². The molecule has 2 aromatic heterocycles. The third-order valence-electron chi connectivity index (χ3n) is 3.18. The highest BCUT2D eigenvalue weighted by Crippen LogP contribution is 2.30. The minimum absolute atomic E-state index is 0.0887. The maximum absolute atomic E-state index is 12.2. The van der Waals surface area contributed by atoms with Crippen molar-refractivity contribution in [2.24, 2.45) is 0 Å². The summed E-state index contributed by atoms with van der Waals surface area (Å²) in [6.45, 7) is 3.78. The second-order valence-corrected chi connectivity index (χ2v) is 6.98. The lowest BCUT2D eigenvalue weighted by Crippen LogP contribution is -2.11. The van der Waals surface area contributed by atoms with Gasteiger partial charge in [0.2, 0.25) is 0 Å². The molecule has 19 heavy (non-hydrogen) atoms. The minimum atomic E-state index is -0.0887. The van der Waals surface area contributed by atoms with Gasteiger partial charge in [-0.15, -0.1) is 22.7 Å². The molecule has 3 rings (SSSR count). The minimum Gasteiger partial charge on any atom is -0.297 e. The van der Waals surface area contributed by atoms with Crippen molar-refractivity contribution < 1.29 is 4.79 Å². The predicted molar refractivity (Wildman–Crippen MR) is 78.3 cm³/mol. The highest BCUT2D eigenvalue weighted by molar-refractivity contribution is 7.16. The quantitative estimate of drug-likeness (QED) is 0.924. The Morgan fingerprint density at radius 1 is 1.16 bits per heavy atom. The largest absolute Gasteiger partial charge is 0.297 e. The molecule has 2 heterocycles. The smallest absolute Gasteiger partial charge is 0.269 e. The summed E-state index contributed by atoms with van der Waals surface area (Å²) in [5.41, 5.74) is 1.96. The van der Waals surface area contributed by atoms with Gasteiger partial charge in [0.25, 0.3) is 5.91 Å². The molecule has 0 radical (unpaired) electrons.